The van der Waals surface area contributed by atoms with Crippen LogP contribution >= 0.6 is 0 Å². The molecule has 0 saturated carbocycles. The van der Waals surface area contributed by atoms with Crippen molar-refractivity contribution in [3.63, 3.8) is 0 Å². The minimum atomic E-state index is 0.867. The zero-order valence-electron chi connectivity index (χ0n) is 16.4. The first kappa shape index (κ1) is 18.0. The highest BCUT2D eigenvalue weighted by Crippen LogP contribution is 2.34. The van der Waals surface area contributed by atoms with Crippen LogP contribution in [0.4, 0.5) is 0 Å². The zero-order chi connectivity index (χ0) is 20.2. The second-order valence-electron chi connectivity index (χ2n) is 7.12. The smallest absolute Gasteiger partial charge is 0.0893 e. The lowest BCUT2D eigenvalue weighted by Gasteiger charge is -2.12. The molecule has 5 aromatic rings. The highest BCUT2D eigenvalue weighted by atomic mass is 14.8. The molecule has 0 aliphatic rings. The predicted octanol–water partition coefficient (Wildman–Crippen LogP) is 7.14. The lowest BCUT2D eigenvalue weighted by atomic mass is 9.95. The van der Waals surface area contributed by atoms with E-state index < -0.39 is 0 Å². The molecule has 3 aromatic carbocycles. The van der Waals surface area contributed by atoms with E-state index >= 15 is 0 Å². The van der Waals surface area contributed by atoms with Gasteiger partial charge in [-0.1, -0.05) is 97.1 Å². The molecule has 2 aromatic heterocycles. The van der Waals surface area contributed by atoms with Crippen LogP contribution in [-0.4, -0.2) is 9.97 Å². The van der Waals surface area contributed by atoms with Gasteiger partial charge in [-0.25, -0.2) is 4.98 Å². The van der Waals surface area contributed by atoms with Crippen molar-refractivity contribution in [1.29, 1.82) is 0 Å². The van der Waals surface area contributed by atoms with E-state index in [0.29, 0.717) is 0 Å². The first-order valence-corrected chi connectivity index (χ1v) is 10.0. The Hall–Kier alpha value is -4.04. The molecule has 2 heterocycles. The Morgan fingerprint density at radius 1 is 0.400 bits per heavy atom. The summed E-state index contributed by atoms with van der Waals surface area (Å²) in [5.74, 6) is 0. The number of hydrogen-bond acceptors (Lipinski definition) is 2. The number of nitrogens with zero attached hydrogens (tertiary/aromatic N) is 2. The van der Waals surface area contributed by atoms with E-state index in [1.54, 1.807) is 0 Å². The molecule has 0 radical (unpaired) electrons. The van der Waals surface area contributed by atoms with Crippen LogP contribution in [0.5, 0.6) is 0 Å². The van der Waals surface area contributed by atoms with Gasteiger partial charge in [-0.15, -0.1) is 0 Å². The maximum atomic E-state index is 4.89. The van der Waals surface area contributed by atoms with E-state index in [4.69, 9.17) is 9.97 Å². The first-order chi connectivity index (χ1) is 14.9. The summed E-state index contributed by atoms with van der Waals surface area (Å²) in [6, 6.07) is 39.3. The SMILES string of the molecule is c1ccc(-c2cccc(-c3cc(-c4ccccc4)c(-c4ccccc4)cn3)n2)cc1. The van der Waals surface area contributed by atoms with Gasteiger partial charge in [0.25, 0.3) is 0 Å². The highest BCUT2D eigenvalue weighted by Gasteiger charge is 2.12. The van der Waals surface area contributed by atoms with Gasteiger partial charge in [0.1, 0.15) is 0 Å². The molecule has 0 bridgehead atoms. The number of pyridine rings is 2. The molecule has 0 N–H and O–H groups in total. The second kappa shape index (κ2) is 8.14. The quantitative estimate of drug-likeness (QED) is 0.329. The van der Waals surface area contributed by atoms with E-state index in [1.165, 1.54) is 5.56 Å². The molecule has 142 valence electrons. The highest BCUT2D eigenvalue weighted by molar-refractivity contribution is 5.85. The average Bonchev–Trinajstić information content (AvgIpc) is 2.85. The van der Waals surface area contributed by atoms with Crippen molar-refractivity contribution in [3.05, 3.63) is 121 Å². The van der Waals surface area contributed by atoms with Crippen LogP contribution in [0.3, 0.4) is 0 Å². The van der Waals surface area contributed by atoms with Gasteiger partial charge in [-0.05, 0) is 34.9 Å². The fourth-order valence-corrected chi connectivity index (χ4v) is 3.65. The summed E-state index contributed by atoms with van der Waals surface area (Å²) in [6.45, 7) is 0. The van der Waals surface area contributed by atoms with Gasteiger partial charge in [0, 0.05) is 17.3 Å². The normalized spacial score (nSPS) is 10.7. The van der Waals surface area contributed by atoms with Crippen LogP contribution < -0.4 is 0 Å². The summed E-state index contributed by atoms with van der Waals surface area (Å²) in [5.41, 5.74) is 8.37. The second-order valence-corrected chi connectivity index (χ2v) is 7.12. The molecule has 0 aliphatic carbocycles. The van der Waals surface area contributed by atoms with Crippen molar-refractivity contribution in [1.82, 2.24) is 9.97 Å². The molecule has 0 fully saturated rings. The molecule has 0 spiro atoms. The Morgan fingerprint density at radius 3 is 1.57 bits per heavy atom. The maximum absolute atomic E-state index is 4.89. The van der Waals surface area contributed by atoms with Crippen molar-refractivity contribution in [2.45, 2.75) is 0 Å². The van der Waals surface area contributed by atoms with Gasteiger partial charge < -0.3 is 0 Å². The fourth-order valence-electron chi connectivity index (χ4n) is 3.65. The van der Waals surface area contributed by atoms with Gasteiger partial charge >= 0.3 is 0 Å². The Balaban J connectivity index is 1.64. The van der Waals surface area contributed by atoms with Crippen LogP contribution in [-0.2, 0) is 0 Å². The largest absolute Gasteiger partial charge is 0.254 e. The first-order valence-electron chi connectivity index (χ1n) is 10.0. The van der Waals surface area contributed by atoms with Gasteiger partial charge in [0.05, 0.1) is 17.1 Å². The van der Waals surface area contributed by atoms with Crippen molar-refractivity contribution in [2.24, 2.45) is 0 Å². The number of aromatic nitrogens is 2. The molecular weight excluding hydrogens is 364 g/mol. The van der Waals surface area contributed by atoms with Crippen LogP contribution in [0.2, 0.25) is 0 Å². The zero-order valence-corrected chi connectivity index (χ0v) is 16.4. The summed E-state index contributed by atoms with van der Waals surface area (Å²) in [7, 11) is 0. The Morgan fingerprint density at radius 2 is 0.933 bits per heavy atom. The van der Waals surface area contributed by atoms with Crippen LogP contribution in [0.1, 0.15) is 0 Å². The summed E-state index contributed by atoms with van der Waals surface area (Å²) in [5, 5.41) is 0. The van der Waals surface area contributed by atoms with Crippen LogP contribution in [0.15, 0.2) is 121 Å². The number of hydrogen-bond donors (Lipinski definition) is 0. The third-order valence-corrected chi connectivity index (χ3v) is 5.15. The van der Waals surface area contributed by atoms with E-state index in [-0.39, 0.29) is 0 Å². The Bertz CT molecular complexity index is 1260. The summed E-state index contributed by atoms with van der Waals surface area (Å²) >= 11 is 0. The van der Waals surface area contributed by atoms with Crippen LogP contribution in [0.25, 0.3) is 44.9 Å². The molecule has 0 aliphatic heterocycles. The lowest BCUT2D eigenvalue weighted by molar-refractivity contribution is 1.25. The standard InChI is InChI=1S/C28H20N2/c1-4-11-21(12-5-1)24-19-28(29-20-25(24)22-13-6-2-7-14-22)27-18-10-17-26(30-27)23-15-8-3-9-16-23/h1-20H. The average molecular weight is 384 g/mol. The fraction of sp³-hybridized carbons (Fsp3) is 0. The minimum Gasteiger partial charge on any atom is -0.254 e. The number of benzene rings is 3. The van der Waals surface area contributed by atoms with E-state index in [1.807, 2.05) is 54.7 Å². The summed E-state index contributed by atoms with van der Waals surface area (Å²) in [4.78, 5) is 9.67. The van der Waals surface area contributed by atoms with Crippen molar-refractivity contribution in [2.75, 3.05) is 0 Å². The monoisotopic (exact) mass is 384 g/mol. The lowest BCUT2D eigenvalue weighted by Crippen LogP contribution is -1.93. The van der Waals surface area contributed by atoms with Crippen LogP contribution in [0, 0.1) is 0 Å². The maximum Gasteiger partial charge on any atom is 0.0893 e. The van der Waals surface area contributed by atoms with E-state index in [0.717, 1.165) is 39.3 Å². The van der Waals surface area contributed by atoms with Gasteiger partial charge in [-0.2, -0.15) is 0 Å². The topological polar surface area (TPSA) is 25.8 Å². The number of rotatable bonds is 4. The van der Waals surface area contributed by atoms with Crippen molar-refractivity contribution < 1.29 is 0 Å². The molecule has 5 rings (SSSR count). The van der Waals surface area contributed by atoms with Crippen molar-refractivity contribution in [3.8, 4) is 44.9 Å². The molecule has 0 amide bonds. The van der Waals surface area contributed by atoms with Crippen molar-refractivity contribution >= 4 is 0 Å². The van der Waals surface area contributed by atoms with Gasteiger partial charge in [0.2, 0.25) is 0 Å². The summed E-state index contributed by atoms with van der Waals surface area (Å²) in [6.07, 6.45) is 1.96. The summed E-state index contributed by atoms with van der Waals surface area (Å²) < 4.78 is 0. The predicted molar refractivity (Wildman–Crippen MR) is 124 cm³/mol. The Kier molecular flexibility index (Phi) is 4.89. The minimum absolute atomic E-state index is 0.867. The molecule has 30 heavy (non-hydrogen) atoms. The third kappa shape index (κ3) is 3.63. The molecule has 0 unspecified atom stereocenters. The Labute approximate surface area is 176 Å². The molecule has 2 heteroatoms. The molecule has 0 saturated heterocycles. The molecule has 2 nitrogen and oxygen atoms in total. The van der Waals surface area contributed by atoms with Gasteiger partial charge in [-0.3, -0.25) is 4.98 Å². The van der Waals surface area contributed by atoms with E-state index in [2.05, 4.69) is 66.7 Å². The van der Waals surface area contributed by atoms with Gasteiger partial charge in [0.15, 0.2) is 0 Å². The third-order valence-electron chi connectivity index (χ3n) is 5.15. The molecule has 0 atom stereocenters. The molecular formula is C28H20N2. The van der Waals surface area contributed by atoms with E-state index in [9.17, 15) is 0 Å².